The van der Waals surface area contributed by atoms with Crippen molar-refractivity contribution in [2.24, 2.45) is 5.73 Å². The van der Waals surface area contributed by atoms with E-state index in [1.54, 1.807) is 0 Å². The van der Waals surface area contributed by atoms with Crippen molar-refractivity contribution in [1.82, 2.24) is 4.98 Å². The van der Waals surface area contributed by atoms with Crippen LogP contribution in [0.3, 0.4) is 0 Å². The highest BCUT2D eigenvalue weighted by Crippen LogP contribution is 2.24. The van der Waals surface area contributed by atoms with E-state index < -0.39 is 0 Å². The Balaban J connectivity index is 2.09. The smallest absolute Gasteiger partial charge is 0.128 e. The van der Waals surface area contributed by atoms with E-state index in [1.807, 2.05) is 13.1 Å². The Kier molecular flexibility index (Phi) is 4.11. The molecular formula is C15H25N3O. The van der Waals surface area contributed by atoms with Crippen LogP contribution >= 0.6 is 0 Å². The Labute approximate surface area is 116 Å². The summed E-state index contributed by atoms with van der Waals surface area (Å²) in [6.45, 7) is 10.1. The molecule has 2 atom stereocenters. The van der Waals surface area contributed by atoms with Crippen LogP contribution in [0.2, 0.25) is 0 Å². The summed E-state index contributed by atoms with van der Waals surface area (Å²) < 4.78 is 5.92. The number of ether oxygens (including phenoxy) is 1. The number of anilines is 1. The Bertz CT molecular complexity index is 414. The standard InChI is InChI=1S/C15H25N3O/c1-11(16)7-13-5-6-14(17-8-13)18-9-12(2)19-15(3,4)10-18/h5-6,8,11-12H,7,9-10,16H2,1-4H3. The number of nitrogens with two attached hydrogens (primary N) is 1. The van der Waals surface area contributed by atoms with Crippen molar-refractivity contribution in [1.29, 1.82) is 0 Å². The zero-order chi connectivity index (χ0) is 14.0. The number of rotatable bonds is 3. The van der Waals surface area contributed by atoms with E-state index in [4.69, 9.17) is 10.5 Å². The maximum absolute atomic E-state index is 5.92. The van der Waals surface area contributed by atoms with E-state index in [0.29, 0.717) is 0 Å². The summed E-state index contributed by atoms with van der Waals surface area (Å²) in [5.74, 6) is 1.02. The molecule has 1 aromatic heterocycles. The van der Waals surface area contributed by atoms with Crippen LogP contribution in [-0.2, 0) is 11.2 Å². The summed E-state index contributed by atoms with van der Waals surface area (Å²) >= 11 is 0. The molecular weight excluding hydrogens is 238 g/mol. The van der Waals surface area contributed by atoms with Gasteiger partial charge in [0.25, 0.3) is 0 Å². The van der Waals surface area contributed by atoms with E-state index in [1.165, 1.54) is 5.56 Å². The van der Waals surface area contributed by atoms with Gasteiger partial charge in [-0.15, -0.1) is 0 Å². The number of nitrogens with zero attached hydrogens (tertiary/aromatic N) is 2. The van der Waals surface area contributed by atoms with E-state index in [9.17, 15) is 0 Å². The Hall–Kier alpha value is -1.13. The lowest BCUT2D eigenvalue weighted by Gasteiger charge is -2.42. The highest BCUT2D eigenvalue weighted by atomic mass is 16.5. The van der Waals surface area contributed by atoms with E-state index >= 15 is 0 Å². The highest BCUT2D eigenvalue weighted by Gasteiger charge is 2.31. The lowest BCUT2D eigenvalue weighted by atomic mass is 10.1. The van der Waals surface area contributed by atoms with Gasteiger partial charge in [-0.1, -0.05) is 6.07 Å². The van der Waals surface area contributed by atoms with Gasteiger partial charge in [0, 0.05) is 25.3 Å². The molecule has 4 heteroatoms. The van der Waals surface area contributed by atoms with Crippen LogP contribution in [0.1, 0.15) is 33.3 Å². The third-order valence-electron chi connectivity index (χ3n) is 3.26. The summed E-state index contributed by atoms with van der Waals surface area (Å²) in [5.41, 5.74) is 6.88. The van der Waals surface area contributed by atoms with Crippen LogP contribution in [0.15, 0.2) is 18.3 Å². The quantitative estimate of drug-likeness (QED) is 0.906. The minimum Gasteiger partial charge on any atom is -0.369 e. The molecule has 0 bridgehead atoms. The Morgan fingerprint density at radius 2 is 2.26 bits per heavy atom. The van der Waals surface area contributed by atoms with Gasteiger partial charge in [-0.05, 0) is 45.7 Å². The maximum atomic E-state index is 5.92. The molecule has 0 spiro atoms. The second kappa shape index (κ2) is 5.47. The van der Waals surface area contributed by atoms with Gasteiger partial charge < -0.3 is 15.4 Å². The highest BCUT2D eigenvalue weighted by molar-refractivity contribution is 5.40. The third kappa shape index (κ3) is 3.91. The van der Waals surface area contributed by atoms with Crippen LogP contribution in [0.5, 0.6) is 0 Å². The van der Waals surface area contributed by atoms with Gasteiger partial charge in [0.05, 0.1) is 11.7 Å². The maximum Gasteiger partial charge on any atom is 0.128 e. The number of aromatic nitrogens is 1. The molecule has 0 radical (unpaired) electrons. The molecule has 2 rings (SSSR count). The predicted octanol–water partition coefficient (Wildman–Crippen LogP) is 1.97. The molecule has 1 aliphatic rings. The van der Waals surface area contributed by atoms with Gasteiger partial charge in [0.2, 0.25) is 0 Å². The zero-order valence-corrected chi connectivity index (χ0v) is 12.4. The zero-order valence-electron chi connectivity index (χ0n) is 12.4. The first-order valence-corrected chi connectivity index (χ1v) is 6.99. The molecule has 4 nitrogen and oxygen atoms in total. The number of hydrogen-bond acceptors (Lipinski definition) is 4. The van der Waals surface area contributed by atoms with Gasteiger partial charge in [0.1, 0.15) is 5.82 Å². The van der Waals surface area contributed by atoms with Gasteiger partial charge in [-0.2, -0.15) is 0 Å². The van der Waals surface area contributed by atoms with Crippen molar-refractivity contribution in [3.05, 3.63) is 23.9 Å². The van der Waals surface area contributed by atoms with Crippen molar-refractivity contribution >= 4 is 5.82 Å². The molecule has 2 unspecified atom stereocenters. The first kappa shape index (κ1) is 14.3. The van der Waals surface area contributed by atoms with E-state index in [0.717, 1.165) is 25.3 Å². The molecule has 0 amide bonds. The molecule has 1 aliphatic heterocycles. The molecule has 1 fully saturated rings. The van der Waals surface area contributed by atoms with E-state index in [-0.39, 0.29) is 17.7 Å². The average molecular weight is 263 g/mol. The monoisotopic (exact) mass is 263 g/mol. The molecule has 0 aliphatic carbocycles. The van der Waals surface area contributed by atoms with Crippen molar-refractivity contribution in [3.8, 4) is 0 Å². The summed E-state index contributed by atoms with van der Waals surface area (Å²) in [5, 5.41) is 0. The summed E-state index contributed by atoms with van der Waals surface area (Å²) in [7, 11) is 0. The molecule has 2 heterocycles. The minimum atomic E-state index is -0.121. The summed E-state index contributed by atoms with van der Waals surface area (Å²) in [6.07, 6.45) is 3.04. The Morgan fingerprint density at radius 1 is 1.53 bits per heavy atom. The first-order chi connectivity index (χ1) is 8.85. The van der Waals surface area contributed by atoms with Crippen molar-refractivity contribution in [2.75, 3.05) is 18.0 Å². The van der Waals surface area contributed by atoms with E-state index in [2.05, 4.69) is 42.8 Å². The lowest BCUT2D eigenvalue weighted by molar-refractivity contribution is -0.0751. The second-order valence-electron chi connectivity index (χ2n) is 6.27. The predicted molar refractivity (Wildman–Crippen MR) is 78.4 cm³/mol. The molecule has 106 valence electrons. The van der Waals surface area contributed by atoms with Gasteiger partial charge in [-0.25, -0.2) is 4.98 Å². The average Bonchev–Trinajstić information content (AvgIpc) is 2.26. The van der Waals surface area contributed by atoms with Crippen LogP contribution in [-0.4, -0.2) is 35.8 Å². The number of hydrogen-bond donors (Lipinski definition) is 1. The fourth-order valence-electron chi connectivity index (χ4n) is 2.72. The first-order valence-electron chi connectivity index (χ1n) is 6.99. The largest absolute Gasteiger partial charge is 0.369 e. The lowest BCUT2D eigenvalue weighted by Crippen LogP contribution is -2.52. The molecule has 1 aromatic rings. The van der Waals surface area contributed by atoms with Gasteiger partial charge in [-0.3, -0.25) is 0 Å². The van der Waals surface area contributed by atoms with Crippen molar-refractivity contribution < 1.29 is 4.74 Å². The number of pyridine rings is 1. The summed E-state index contributed by atoms with van der Waals surface area (Å²) in [6, 6.07) is 4.39. The molecule has 19 heavy (non-hydrogen) atoms. The molecule has 2 N–H and O–H groups in total. The molecule has 1 saturated heterocycles. The van der Waals surface area contributed by atoms with Crippen LogP contribution in [0.4, 0.5) is 5.82 Å². The van der Waals surface area contributed by atoms with Gasteiger partial charge >= 0.3 is 0 Å². The topological polar surface area (TPSA) is 51.4 Å². The fraction of sp³-hybridized carbons (Fsp3) is 0.667. The molecule has 0 aromatic carbocycles. The van der Waals surface area contributed by atoms with Crippen LogP contribution in [0, 0.1) is 0 Å². The van der Waals surface area contributed by atoms with Crippen molar-refractivity contribution in [3.63, 3.8) is 0 Å². The van der Waals surface area contributed by atoms with Crippen molar-refractivity contribution in [2.45, 2.75) is 51.9 Å². The minimum absolute atomic E-state index is 0.121. The van der Waals surface area contributed by atoms with Crippen LogP contribution in [0.25, 0.3) is 0 Å². The Morgan fingerprint density at radius 3 is 2.79 bits per heavy atom. The van der Waals surface area contributed by atoms with Crippen LogP contribution < -0.4 is 10.6 Å². The number of morpholine rings is 1. The SMILES string of the molecule is CC(N)Cc1ccc(N2CC(C)OC(C)(C)C2)nc1. The fourth-order valence-corrected chi connectivity index (χ4v) is 2.72. The second-order valence-corrected chi connectivity index (χ2v) is 6.27. The normalized spacial score (nSPS) is 24.3. The van der Waals surface area contributed by atoms with Gasteiger partial charge in [0.15, 0.2) is 0 Å². The third-order valence-corrected chi connectivity index (χ3v) is 3.26. The summed E-state index contributed by atoms with van der Waals surface area (Å²) in [4.78, 5) is 6.87. The molecule has 0 saturated carbocycles.